The summed E-state index contributed by atoms with van der Waals surface area (Å²) >= 11 is 0. The van der Waals surface area contributed by atoms with E-state index >= 15 is 0 Å². The summed E-state index contributed by atoms with van der Waals surface area (Å²) in [6.07, 6.45) is -4.52. The smallest absolute Gasteiger partial charge is 0.369 e. The van der Waals surface area contributed by atoms with Crippen LogP contribution in [0, 0.1) is 5.92 Å². The van der Waals surface area contributed by atoms with Crippen molar-refractivity contribution in [2.75, 3.05) is 0 Å². The van der Waals surface area contributed by atoms with E-state index in [0.29, 0.717) is 0 Å². The van der Waals surface area contributed by atoms with E-state index in [2.05, 4.69) is 0 Å². The molecule has 2 unspecified atom stereocenters. The molecule has 0 heterocycles. The number of carboxylic acids is 3. The van der Waals surface area contributed by atoms with E-state index in [-0.39, 0.29) is 0 Å². The minimum absolute atomic E-state index is 1.84. The van der Waals surface area contributed by atoms with Crippen LogP contribution >= 0.6 is 22.8 Å². The van der Waals surface area contributed by atoms with E-state index in [4.69, 9.17) is 29.8 Å². The first kappa shape index (κ1) is 25.8. The Labute approximate surface area is 148 Å². The van der Waals surface area contributed by atoms with E-state index in [1.807, 2.05) is 0 Å². The molecule has 0 saturated heterocycles. The largest absolute Gasteiger partial charge is 0.481 e. The van der Waals surface area contributed by atoms with Crippen LogP contribution in [-0.4, -0.2) is 77.9 Å². The third kappa shape index (κ3) is 4.81. The Bertz CT molecular complexity index is 747. The molecule has 0 amide bonds. The fraction of sp³-hybridized carbons (Fsp3) is 0.625. The summed E-state index contributed by atoms with van der Waals surface area (Å²) in [6, 6.07) is 0. The van der Waals surface area contributed by atoms with Crippen molar-refractivity contribution in [3.63, 3.8) is 0 Å². The molecule has 0 aromatic carbocycles. The number of aliphatic hydroxyl groups is 1. The van der Waals surface area contributed by atoms with Crippen molar-refractivity contribution in [3.05, 3.63) is 0 Å². The number of hydrogen-bond donors (Lipinski definition) is 10. The molecule has 0 aliphatic carbocycles. The molecule has 0 spiro atoms. The minimum atomic E-state index is -6.47. The number of carbonyl (C=O) groups is 3. The van der Waals surface area contributed by atoms with Gasteiger partial charge in [-0.25, -0.2) is 0 Å². The fourth-order valence-corrected chi connectivity index (χ4v) is 5.96. The van der Waals surface area contributed by atoms with Gasteiger partial charge in [0.05, 0.1) is 12.3 Å². The Hall–Kier alpha value is -1.18. The average molecular weight is 460 g/mol. The molecule has 0 rings (SSSR count). The lowest BCUT2D eigenvalue weighted by Crippen LogP contribution is -2.54. The molecule has 0 aromatic heterocycles. The van der Waals surface area contributed by atoms with Gasteiger partial charge in [0.2, 0.25) is 0 Å². The molecular formula is C8H15O16P3. The summed E-state index contributed by atoms with van der Waals surface area (Å²) in [6.45, 7) is 0. The lowest BCUT2D eigenvalue weighted by Gasteiger charge is -2.40. The molecule has 10 N–H and O–H groups in total. The van der Waals surface area contributed by atoms with Crippen molar-refractivity contribution in [1.29, 1.82) is 0 Å². The van der Waals surface area contributed by atoms with Crippen molar-refractivity contribution >= 4 is 40.7 Å². The molecule has 0 bridgehead atoms. The second-order valence-electron chi connectivity index (χ2n) is 5.30. The highest BCUT2D eigenvalue weighted by atomic mass is 31.2. The van der Waals surface area contributed by atoms with Gasteiger partial charge in [-0.1, -0.05) is 0 Å². The van der Waals surface area contributed by atoms with E-state index < -0.39 is 69.7 Å². The van der Waals surface area contributed by atoms with Crippen LogP contribution < -0.4 is 0 Å². The third-order valence-corrected chi connectivity index (χ3v) is 9.03. The Balaban J connectivity index is 7.17. The molecule has 0 radical (unpaired) electrons. The predicted molar refractivity (Wildman–Crippen MR) is 79.4 cm³/mol. The molecular weight excluding hydrogens is 445 g/mol. The van der Waals surface area contributed by atoms with Crippen molar-refractivity contribution < 1.29 is 77.9 Å². The molecule has 16 nitrogen and oxygen atoms in total. The summed E-state index contributed by atoms with van der Waals surface area (Å²) in [5.41, 5.74) is 0. The SMILES string of the molecule is O=C(O)CC(C(=O)O)C(CC(O)(P(=O)(O)O)P(=O)(O)O)(C(=O)O)P(=O)(O)O. The first-order chi connectivity index (χ1) is 11.6. The number of rotatable bonds is 10. The van der Waals surface area contributed by atoms with Crippen molar-refractivity contribution in [1.82, 2.24) is 0 Å². The average Bonchev–Trinajstić information content (AvgIpc) is 2.37. The van der Waals surface area contributed by atoms with Crippen molar-refractivity contribution in [2.45, 2.75) is 23.1 Å². The van der Waals surface area contributed by atoms with Gasteiger partial charge in [0.25, 0.3) is 5.08 Å². The van der Waals surface area contributed by atoms with Crippen LogP contribution in [0.15, 0.2) is 0 Å². The maximum Gasteiger partial charge on any atom is 0.369 e. The molecule has 19 heteroatoms. The van der Waals surface area contributed by atoms with E-state index in [9.17, 15) is 48.1 Å². The first-order valence-electron chi connectivity index (χ1n) is 6.22. The Morgan fingerprint density at radius 2 is 1.15 bits per heavy atom. The maximum atomic E-state index is 11.8. The molecule has 158 valence electrons. The van der Waals surface area contributed by atoms with Gasteiger partial charge in [-0.3, -0.25) is 28.1 Å². The van der Waals surface area contributed by atoms with Crippen LogP contribution in [0.25, 0.3) is 0 Å². The van der Waals surface area contributed by atoms with E-state index in [1.165, 1.54) is 0 Å². The summed E-state index contributed by atoms with van der Waals surface area (Å²) in [5.74, 6) is -10.7. The monoisotopic (exact) mass is 460 g/mol. The lowest BCUT2D eigenvalue weighted by atomic mass is 9.85. The predicted octanol–water partition coefficient (Wildman–Crippen LogP) is -2.45. The van der Waals surface area contributed by atoms with Gasteiger partial charge in [0.15, 0.2) is 5.16 Å². The van der Waals surface area contributed by atoms with Crippen LogP contribution in [0.4, 0.5) is 0 Å². The fourth-order valence-electron chi connectivity index (χ4n) is 2.15. The van der Waals surface area contributed by atoms with Gasteiger partial charge >= 0.3 is 40.7 Å². The summed E-state index contributed by atoms with van der Waals surface area (Å²) in [5, 5.41) is 27.7. The Kier molecular flexibility index (Phi) is 7.34. The molecule has 0 aliphatic rings. The topological polar surface area (TPSA) is 305 Å². The van der Waals surface area contributed by atoms with Crippen LogP contribution in [0.5, 0.6) is 0 Å². The molecule has 0 saturated carbocycles. The molecule has 0 fully saturated rings. The van der Waals surface area contributed by atoms with Crippen LogP contribution in [-0.2, 0) is 28.1 Å². The second-order valence-corrected chi connectivity index (χ2v) is 11.2. The molecule has 27 heavy (non-hydrogen) atoms. The summed E-state index contributed by atoms with van der Waals surface area (Å²) < 4.78 is 34.6. The van der Waals surface area contributed by atoms with Gasteiger partial charge < -0.3 is 49.8 Å². The standard InChI is InChI=1S/C8H15O16P3/c9-4(10)1-3(5(11)12)7(6(13)14,25(16,17)18)2-8(15,26(19,20)21)27(22,23)24/h3,15H,1-2H2,(H,9,10)(H,11,12)(H,13,14)(H2,16,17,18)(H2,19,20,21)(H2,22,23,24). The summed E-state index contributed by atoms with van der Waals surface area (Å²) in [4.78, 5) is 88.6. The van der Waals surface area contributed by atoms with E-state index in [1.54, 1.807) is 0 Å². The normalized spacial score (nSPS) is 17.0. The van der Waals surface area contributed by atoms with Gasteiger partial charge in [0.1, 0.15) is 0 Å². The van der Waals surface area contributed by atoms with Crippen LogP contribution in [0.2, 0.25) is 0 Å². The first-order valence-corrected chi connectivity index (χ1v) is 11.1. The Morgan fingerprint density at radius 1 is 0.778 bits per heavy atom. The van der Waals surface area contributed by atoms with Gasteiger partial charge in [0, 0.05) is 6.42 Å². The van der Waals surface area contributed by atoms with Crippen molar-refractivity contribution in [2.24, 2.45) is 5.92 Å². The van der Waals surface area contributed by atoms with Crippen LogP contribution in [0.1, 0.15) is 12.8 Å². The van der Waals surface area contributed by atoms with Crippen LogP contribution in [0.3, 0.4) is 0 Å². The van der Waals surface area contributed by atoms with Gasteiger partial charge in [-0.15, -0.1) is 0 Å². The highest BCUT2D eigenvalue weighted by Crippen LogP contribution is 2.73. The Morgan fingerprint density at radius 3 is 1.33 bits per heavy atom. The third-order valence-electron chi connectivity index (χ3n) is 3.58. The molecule has 2 atom stereocenters. The highest BCUT2D eigenvalue weighted by Gasteiger charge is 2.72. The molecule has 0 aromatic rings. The zero-order chi connectivity index (χ0) is 22.2. The lowest BCUT2D eigenvalue weighted by molar-refractivity contribution is -0.157. The molecule has 0 aliphatic heterocycles. The zero-order valence-corrected chi connectivity index (χ0v) is 15.4. The van der Waals surface area contributed by atoms with E-state index in [0.717, 1.165) is 0 Å². The van der Waals surface area contributed by atoms with Gasteiger partial charge in [-0.05, 0) is 0 Å². The van der Waals surface area contributed by atoms with Crippen molar-refractivity contribution in [3.8, 4) is 0 Å². The quantitative estimate of drug-likeness (QED) is 0.151. The summed E-state index contributed by atoms with van der Waals surface area (Å²) in [7, 11) is -19.4. The number of hydrogen-bond acceptors (Lipinski definition) is 7. The zero-order valence-electron chi connectivity index (χ0n) is 12.8. The highest BCUT2D eigenvalue weighted by molar-refractivity contribution is 7.72. The maximum absolute atomic E-state index is 11.8. The van der Waals surface area contributed by atoms with Gasteiger partial charge in [-0.2, -0.15) is 0 Å². The number of carboxylic acid groups (broad SMARTS) is 3. The minimum Gasteiger partial charge on any atom is -0.481 e. The second kappa shape index (κ2) is 7.68. The number of aliphatic carboxylic acids is 3.